The minimum atomic E-state index is 0.218. The summed E-state index contributed by atoms with van der Waals surface area (Å²) in [6.45, 7) is 9.08. The van der Waals surface area contributed by atoms with Gasteiger partial charge < -0.3 is 10.2 Å². The topological polar surface area (TPSA) is 35.6 Å². The third kappa shape index (κ3) is 5.11. The molecule has 1 saturated heterocycles. The van der Waals surface area contributed by atoms with E-state index < -0.39 is 0 Å². The minimum absolute atomic E-state index is 0.218. The van der Waals surface area contributed by atoms with Crippen molar-refractivity contribution in [1.82, 2.24) is 15.1 Å². The van der Waals surface area contributed by atoms with Gasteiger partial charge in [0.15, 0.2) is 0 Å². The van der Waals surface area contributed by atoms with Crippen LogP contribution in [-0.4, -0.2) is 61.5 Å². The number of nitrogens with one attached hydrogen (secondary N) is 1. The molecule has 2 rings (SSSR count). The first-order valence-corrected chi connectivity index (χ1v) is 7.99. The van der Waals surface area contributed by atoms with Crippen molar-refractivity contribution >= 4 is 5.91 Å². The Labute approximate surface area is 117 Å². The highest BCUT2D eigenvalue weighted by molar-refractivity contribution is 5.78. The molecule has 1 aliphatic carbocycles. The number of likely N-dealkylation sites (N-methyl/N-ethyl adjacent to an activating group) is 1. The summed E-state index contributed by atoms with van der Waals surface area (Å²) in [5.74, 6) is 0.949. The van der Waals surface area contributed by atoms with Gasteiger partial charge in [-0.3, -0.25) is 9.69 Å². The number of piperazine rings is 1. The van der Waals surface area contributed by atoms with Crippen molar-refractivity contribution in [1.29, 1.82) is 0 Å². The number of hydrogen-bond donors (Lipinski definition) is 1. The molecule has 2 aliphatic rings. The lowest BCUT2D eigenvalue weighted by Gasteiger charge is -2.33. The van der Waals surface area contributed by atoms with Crippen molar-refractivity contribution in [3.05, 3.63) is 0 Å². The average Bonchev–Trinajstić information content (AvgIpc) is 2.47. The van der Waals surface area contributed by atoms with Crippen LogP contribution in [0.4, 0.5) is 0 Å². The van der Waals surface area contributed by atoms with E-state index >= 15 is 0 Å². The van der Waals surface area contributed by atoms with Gasteiger partial charge in [0.2, 0.25) is 5.91 Å². The molecule has 0 unspecified atom stereocenters. The second-order valence-electron chi connectivity index (χ2n) is 6.02. The number of hydrogen-bond acceptors (Lipinski definition) is 3. The van der Waals surface area contributed by atoms with E-state index in [0.29, 0.717) is 6.54 Å². The maximum Gasteiger partial charge on any atom is 0.234 e. The van der Waals surface area contributed by atoms with Gasteiger partial charge in [0.25, 0.3) is 0 Å². The first-order valence-electron chi connectivity index (χ1n) is 7.99. The van der Waals surface area contributed by atoms with Crippen LogP contribution in [0, 0.1) is 5.92 Å². The lowest BCUT2D eigenvalue weighted by atomic mass is 9.89. The van der Waals surface area contributed by atoms with Gasteiger partial charge in [0.1, 0.15) is 0 Å². The molecular formula is C15H29N3O. The van der Waals surface area contributed by atoms with Crippen LogP contribution in [-0.2, 0) is 4.79 Å². The normalized spacial score (nSPS) is 23.4. The molecule has 4 heteroatoms. The van der Waals surface area contributed by atoms with Crippen LogP contribution >= 0.6 is 0 Å². The Kier molecular flexibility index (Phi) is 6.11. The predicted molar refractivity (Wildman–Crippen MR) is 78.1 cm³/mol. The quantitative estimate of drug-likeness (QED) is 0.816. The van der Waals surface area contributed by atoms with Gasteiger partial charge in [-0.25, -0.2) is 0 Å². The van der Waals surface area contributed by atoms with E-state index in [0.717, 1.165) is 45.2 Å². The van der Waals surface area contributed by atoms with Gasteiger partial charge in [-0.05, 0) is 25.3 Å². The van der Waals surface area contributed by atoms with E-state index in [9.17, 15) is 4.79 Å². The third-order valence-electron chi connectivity index (χ3n) is 4.59. The number of amides is 1. The Morgan fingerprint density at radius 3 is 2.32 bits per heavy atom. The Bertz CT molecular complexity index is 269. The monoisotopic (exact) mass is 267 g/mol. The van der Waals surface area contributed by atoms with E-state index in [1.54, 1.807) is 0 Å². The number of nitrogens with zero attached hydrogens (tertiary/aromatic N) is 2. The Morgan fingerprint density at radius 1 is 1.05 bits per heavy atom. The second-order valence-corrected chi connectivity index (χ2v) is 6.02. The highest BCUT2D eigenvalue weighted by Gasteiger charge is 2.19. The Morgan fingerprint density at radius 2 is 1.68 bits per heavy atom. The van der Waals surface area contributed by atoms with Gasteiger partial charge in [0, 0.05) is 32.7 Å². The molecule has 0 spiro atoms. The number of carbonyl (C=O) groups is 1. The molecule has 1 N–H and O–H groups in total. The molecule has 1 saturated carbocycles. The predicted octanol–water partition coefficient (Wildman–Crippen LogP) is 1.32. The Balaban J connectivity index is 1.59. The minimum Gasteiger partial charge on any atom is -0.355 e. The first kappa shape index (κ1) is 14.8. The molecule has 1 aliphatic heterocycles. The molecule has 0 aromatic heterocycles. The molecule has 0 radical (unpaired) electrons. The largest absolute Gasteiger partial charge is 0.355 e. The molecule has 19 heavy (non-hydrogen) atoms. The van der Waals surface area contributed by atoms with E-state index in [-0.39, 0.29) is 5.91 Å². The van der Waals surface area contributed by atoms with Gasteiger partial charge in [-0.15, -0.1) is 0 Å². The summed E-state index contributed by atoms with van der Waals surface area (Å²) in [5, 5.41) is 3.13. The molecule has 0 aromatic rings. The fraction of sp³-hybridized carbons (Fsp3) is 0.933. The molecule has 2 fully saturated rings. The van der Waals surface area contributed by atoms with Crippen LogP contribution < -0.4 is 5.32 Å². The average molecular weight is 267 g/mol. The summed E-state index contributed by atoms with van der Waals surface area (Å²) >= 11 is 0. The molecule has 1 heterocycles. The summed E-state index contributed by atoms with van der Waals surface area (Å²) < 4.78 is 0. The second kappa shape index (κ2) is 7.85. The van der Waals surface area contributed by atoms with E-state index in [2.05, 4.69) is 22.0 Å². The molecule has 4 nitrogen and oxygen atoms in total. The number of carbonyl (C=O) groups excluding carboxylic acids is 1. The molecule has 110 valence electrons. The van der Waals surface area contributed by atoms with Gasteiger partial charge >= 0.3 is 0 Å². The van der Waals surface area contributed by atoms with Crippen LogP contribution in [0.5, 0.6) is 0 Å². The maximum atomic E-state index is 11.9. The number of rotatable bonds is 5. The highest BCUT2D eigenvalue weighted by Crippen LogP contribution is 2.22. The van der Waals surface area contributed by atoms with Crippen LogP contribution in [0.1, 0.15) is 39.0 Å². The highest BCUT2D eigenvalue weighted by atomic mass is 16.2. The van der Waals surface area contributed by atoms with Crippen LogP contribution in [0.15, 0.2) is 0 Å². The van der Waals surface area contributed by atoms with E-state index in [4.69, 9.17) is 0 Å². The molecular weight excluding hydrogens is 238 g/mol. The first-order chi connectivity index (χ1) is 9.28. The van der Waals surface area contributed by atoms with Crippen molar-refractivity contribution in [3.63, 3.8) is 0 Å². The fourth-order valence-electron chi connectivity index (χ4n) is 3.17. The van der Waals surface area contributed by atoms with Crippen LogP contribution in [0.25, 0.3) is 0 Å². The fourth-order valence-corrected chi connectivity index (χ4v) is 3.17. The van der Waals surface area contributed by atoms with Crippen LogP contribution in [0.3, 0.4) is 0 Å². The van der Waals surface area contributed by atoms with Gasteiger partial charge in [0.05, 0.1) is 6.54 Å². The summed E-state index contributed by atoms with van der Waals surface area (Å²) in [7, 11) is 0. The summed E-state index contributed by atoms with van der Waals surface area (Å²) in [5.41, 5.74) is 0. The van der Waals surface area contributed by atoms with Gasteiger partial charge in [-0.2, -0.15) is 0 Å². The SMILES string of the molecule is CCN1CCN(CC(=O)NCC2CCCCC2)CC1. The van der Waals surface area contributed by atoms with Crippen molar-refractivity contribution in [2.45, 2.75) is 39.0 Å². The van der Waals surface area contributed by atoms with Crippen molar-refractivity contribution < 1.29 is 4.79 Å². The Hall–Kier alpha value is -0.610. The van der Waals surface area contributed by atoms with Crippen molar-refractivity contribution in [2.75, 3.05) is 45.8 Å². The lowest BCUT2D eigenvalue weighted by molar-refractivity contribution is -0.122. The molecule has 0 bridgehead atoms. The van der Waals surface area contributed by atoms with Gasteiger partial charge in [-0.1, -0.05) is 26.2 Å². The lowest BCUT2D eigenvalue weighted by Crippen LogP contribution is -2.49. The maximum absolute atomic E-state index is 11.9. The summed E-state index contributed by atoms with van der Waals surface area (Å²) in [6.07, 6.45) is 6.68. The standard InChI is InChI=1S/C15H29N3O/c1-2-17-8-10-18(11-9-17)13-15(19)16-12-14-6-4-3-5-7-14/h14H,2-13H2,1H3,(H,16,19). The summed E-state index contributed by atoms with van der Waals surface area (Å²) in [6, 6.07) is 0. The summed E-state index contributed by atoms with van der Waals surface area (Å²) in [4.78, 5) is 16.7. The van der Waals surface area contributed by atoms with Crippen molar-refractivity contribution in [2.24, 2.45) is 5.92 Å². The molecule has 0 aromatic carbocycles. The van der Waals surface area contributed by atoms with E-state index in [1.807, 2.05) is 0 Å². The van der Waals surface area contributed by atoms with E-state index in [1.165, 1.54) is 32.1 Å². The van der Waals surface area contributed by atoms with Crippen molar-refractivity contribution in [3.8, 4) is 0 Å². The zero-order valence-electron chi connectivity index (χ0n) is 12.4. The molecule has 0 atom stereocenters. The molecule has 1 amide bonds. The zero-order chi connectivity index (χ0) is 13.5. The smallest absolute Gasteiger partial charge is 0.234 e. The zero-order valence-corrected chi connectivity index (χ0v) is 12.4. The third-order valence-corrected chi connectivity index (χ3v) is 4.59. The van der Waals surface area contributed by atoms with Crippen LogP contribution in [0.2, 0.25) is 0 Å².